The second-order valence-corrected chi connectivity index (χ2v) is 8.22. The third-order valence-corrected chi connectivity index (χ3v) is 4.87. The molecule has 0 saturated carbocycles. The predicted octanol–water partition coefficient (Wildman–Crippen LogP) is 2.02. The van der Waals surface area contributed by atoms with E-state index < -0.39 is 10.0 Å². The zero-order chi connectivity index (χ0) is 16.0. The Labute approximate surface area is 126 Å². The van der Waals surface area contributed by atoms with Crippen LogP contribution in [0.15, 0.2) is 23.1 Å². The first-order valence-electron chi connectivity index (χ1n) is 6.23. The van der Waals surface area contributed by atoms with Gasteiger partial charge in [-0.05, 0) is 35.8 Å². The summed E-state index contributed by atoms with van der Waals surface area (Å²) in [6.07, 6.45) is 3.96. The van der Waals surface area contributed by atoms with Gasteiger partial charge in [0.15, 0.2) is 0 Å². The molecule has 0 amide bonds. The Hall–Kier alpha value is -2.00. The molecule has 1 aromatic carbocycles. The summed E-state index contributed by atoms with van der Waals surface area (Å²) in [6, 6.07) is 5.43. The van der Waals surface area contributed by atoms with E-state index in [1.165, 1.54) is 14.2 Å². The van der Waals surface area contributed by atoms with Crippen LogP contribution in [0.1, 0.15) is 11.1 Å². The van der Waals surface area contributed by atoms with Crippen molar-refractivity contribution in [3.63, 3.8) is 0 Å². The van der Waals surface area contributed by atoms with Crippen molar-refractivity contribution in [3.8, 4) is 5.40 Å². The lowest BCUT2D eigenvalue weighted by molar-refractivity contribution is -0.140. The first-order chi connectivity index (χ1) is 9.82. The molecule has 0 aliphatic carbocycles. The normalized spacial score (nSPS) is 11.4. The Kier molecular flexibility index (Phi) is 5.79. The van der Waals surface area contributed by atoms with E-state index in [0.717, 1.165) is 16.0 Å². The van der Waals surface area contributed by atoms with E-state index in [1.54, 1.807) is 6.07 Å². The first kappa shape index (κ1) is 17.1. The maximum absolute atomic E-state index is 11.4. The summed E-state index contributed by atoms with van der Waals surface area (Å²) in [5.41, 5.74) is 1.46. The van der Waals surface area contributed by atoms with E-state index in [2.05, 4.69) is 14.9 Å². The molecule has 0 heterocycles. The Balaban J connectivity index is 3.23. The molecule has 0 saturated heterocycles. The number of nitrogens with zero attached hydrogens (tertiary/aromatic N) is 1. The van der Waals surface area contributed by atoms with E-state index in [9.17, 15) is 14.9 Å². The summed E-state index contributed by atoms with van der Waals surface area (Å²) < 4.78 is 9.32. The second-order valence-electron chi connectivity index (χ2n) is 4.91. The molecule has 0 aliphatic rings. The van der Waals surface area contributed by atoms with Crippen molar-refractivity contribution in [1.82, 2.24) is 0 Å². The molecular formula is C15H19NO4S. The van der Waals surface area contributed by atoms with Gasteiger partial charge in [0, 0.05) is 4.90 Å². The second kappa shape index (κ2) is 7.14. The molecule has 0 radical (unpaired) electrons. The molecule has 0 N–H and O–H groups in total. The monoisotopic (exact) mass is 309 g/mol. The minimum absolute atomic E-state index is 0.111. The van der Waals surface area contributed by atoms with Gasteiger partial charge < -0.3 is 9.47 Å². The van der Waals surface area contributed by atoms with Crippen LogP contribution in [0.25, 0.3) is 0 Å². The summed E-state index contributed by atoms with van der Waals surface area (Å²) in [5, 5.41) is 11.6. The van der Waals surface area contributed by atoms with Crippen molar-refractivity contribution in [2.75, 3.05) is 26.7 Å². The standard InChI is InChI=1S/C15H19NO4S/c1-19-14(17)8-11-5-12(9-15(18)20-2)7-13(6-11)21(3,4)10-16/h5-7H,8-9H2,1-4H3. The smallest absolute Gasteiger partial charge is 0.309 e. The molecule has 0 aliphatic heterocycles. The van der Waals surface area contributed by atoms with Gasteiger partial charge in [-0.25, -0.2) is 0 Å². The fraction of sp³-hybridized carbons (Fsp3) is 0.400. The summed E-state index contributed by atoms with van der Waals surface area (Å²) in [4.78, 5) is 23.7. The van der Waals surface area contributed by atoms with Gasteiger partial charge in [0.05, 0.1) is 27.1 Å². The fourth-order valence-corrected chi connectivity index (χ4v) is 2.76. The van der Waals surface area contributed by atoms with Crippen LogP contribution in [-0.2, 0) is 31.9 Å². The highest BCUT2D eigenvalue weighted by molar-refractivity contribution is 8.36. The fourth-order valence-electron chi connectivity index (χ4n) is 1.76. The van der Waals surface area contributed by atoms with E-state index in [0.29, 0.717) is 0 Å². The molecule has 21 heavy (non-hydrogen) atoms. The number of methoxy groups -OCH3 is 2. The summed E-state index contributed by atoms with van der Waals surface area (Å²) in [6.45, 7) is 0. The van der Waals surface area contributed by atoms with Gasteiger partial charge in [0.2, 0.25) is 0 Å². The molecule has 6 heteroatoms. The number of ether oxygens (including phenoxy) is 2. The van der Waals surface area contributed by atoms with Gasteiger partial charge in [0.25, 0.3) is 0 Å². The highest BCUT2D eigenvalue weighted by Crippen LogP contribution is 2.48. The van der Waals surface area contributed by atoms with Gasteiger partial charge in [0.1, 0.15) is 5.40 Å². The zero-order valence-electron chi connectivity index (χ0n) is 12.6. The Morgan fingerprint density at radius 2 is 1.48 bits per heavy atom. The van der Waals surface area contributed by atoms with E-state index in [4.69, 9.17) is 0 Å². The SMILES string of the molecule is COC(=O)Cc1cc(CC(=O)OC)cc(S(C)(C)C#N)c1. The van der Waals surface area contributed by atoms with Crippen molar-refractivity contribution in [3.05, 3.63) is 29.3 Å². The van der Waals surface area contributed by atoms with E-state index in [1.807, 2.05) is 24.6 Å². The summed E-state index contributed by atoms with van der Waals surface area (Å²) >= 11 is 0. The quantitative estimate of drug-likeness (QED) is 0.614. The largest absolute Gasteiger partial charge is 0.469 e. The number of esters is 2. The minimum atomic E-state index is -1.63. The van der Waals surface area contributed by atoms with Gasteiger partial charge >= 0.3 is 11.9 Å². The third kappa shape index (κ3) is 4.80. The number of nitriles is 1. The Bertz CT molecular complexity index is 554. The van der Waals surface area contributed by atoms with Crippen molar-refractivity contribution in [2.45, 2.75) is 17.7 Å². The van der Waals surface area contributed by atoms with Crippen molar-refractivity contribution in [2.24, 2.45) is 0 Å². The number of carbonyl (C=O) groups is 2. The van der Waals surface area contributed by atoms with Crippen molar-refractivity contribution in [1.29, 1.82) is 5.26 Å². The van der Waals surface area contributed by atoms with Crippen LogP contribution in [0, 0.1) is 10.7 Å². The number of rotatable bonds is 5. The number of hydrogen-bond donors (Lipinski definition) is 0. The van der Waals surface area contributed by atoms with Crippen molar-refractivity contribution < 1.29 is 19.1 Å². The van der Waals surface area contributed by atoms with Crippen LogP contribution in [0.3, 0.4) is 0 Å². The molecule has 1 aromatic rings. The lowest BCUT2D eigenvalue weighted by Crippen LogP contribution is -2.09. The number of thiocyanates is 1. The number of carbonyl (C=O) groups excluding carboxylic acids is 2. The van der Waals surface area contributed by atoms with Gasteiger partial charge in [-0.3, -0.25) is 9.59 Å². The summed E-state index contributed by atoms with van der Waals surface area (Å²) in [7, 11) is 1.02. The maximum atomic E-state index is 11.4. The zero-order valence-corrected chi connectivity index (χ0v) is 13.5. The highest BCUT2D eigenvalue weighted by Gasteiger charge is 2.17. The van der Waals surface area contributed by atoms with Crippen LogP contribution >= 0.6 is 10.0 Å². The van der Waals surface area contributed by atoms with Crippen LogP contribution in [0.4, 0.5) is 0 Å². The van der Waals surface area contributed by atoms with Gasteiger partial charge in [-0.2, -0.15) is 5.26 Å². The van der Waals surface area contributed by atoms with Crippen molar-refractivity contribution >= 4 is 22.0 Å². The molecule has 0 atom stereocenters. The van der Waals surface area contributed by atoms with Crippen LogP contribution in [-0.4, -0.2) is 38.7 Å². The van der Waals surface area contributed by atoms with Gasteiger partial charge in [-0.15, -0.1) is 10.0 Å². The highest BCUT2D eigenvalue weighted by atomic mass is 32.3. The average molecular weight is 309 g/mol. The molecule has 0 bridgehead atoms. The van der Waals surface area contributed by atoms with Crippen LogP contribution in [0.5, 0.6) is 0 Å². The number of benzene rings is 1. The lowest BCUT2D eigenvalue weighted by Gasteiger charge is -2.23. The molecule has 0 spiro atoms. The summed E-state index contributed by atoms with van der Waals surface area (Å²) in [5.74, 6) is -0.720. The minimum Gasteiger partial charge on any atom is -0.469 e. The maximum Gasteiger partial charge on any atom is 0.309 e. The van der Waals surface area contributed by atoms with Gasteiger partial charge in [-0.1, -0.05) is 6.07 Å². The van der Waals surface area contributed by atoms with E-state index >= 15 is 0 Å². The molecule has 0 unspecified atom stereocenters. The lowest BCUT2D eigenvalue weighted by atomic mass is 10.1. The Morgan fingerprint density at radius 3 is 1.81 bits per heavy atom. The van der Waals surface area contributed by atoms with Crippen LogP contribution in [0.2, 0.25) is 0 Å². The first-order valence-corrected chi connectivity index (χ1v) is 8.68. The number of hydrogen-bond acceptors (Lipinski definition) is 5. The third-order valence-electron chi connectivity index (χ3n) is 3.00. The topological polar surface area (TPSA) is 76.4 Å². The van der Waals surface area contributed by atoms with E-state index in [-0.39, 0.29) is 24.8 Å². The van der Waals surface area contributed by atoms with Crippen LogP contribution < -0.4 is 0 Å². The molecule has 114 valence electrons. The predicted molar refractivity (Wildman–Crippen MR) is 81.2 cm³/mol. The molecular weight excluding hydrogens is 290 g/mol. The molecule has 0 fully saturated rings. The molecule has 5 nitrogen and oxygen atoms in total. The Morgan fingerprint density at radius 1 is 1.05 bits per heavy atom. The average Bonchev–Trinajstić information content (AvgIpc) is 2.46. The molecule has 0 aromatic heterocycles. The molecule has 1 rings (SSSR count).